The van der Waals surface area contributed by atoms with Crippen molar-refractivity contribution in [3.8, 4) is 11.5 Å². The molecule has 8 nitrogen and oxygen atoms in total. The van der Waals surface area contributed by atoms with Crippen LogP contribution in [0.15, 0.2) is 69.1 Å². The van der Waals surface area contributed by atoms with Crippen molar-refractivity contribution in [3.63, 3.8) is 0 Å². The van der Waals surface area contributed by atoms with Gasteiger partial charge in [0.2, 0.25) is 5.91 Å². The maximum absolute atomic E-state index is 12.7. The summed E-state index contributed by atoms with van der Waals surface area (Å²) in [7, 11) is 4.90. The first kappa shape index (κ1) is 22.6. The predicted octanol–water partition coefficient (Wildman–Crippen LogP) is 2.62. The third kappa shape index (κ3) is 5.44. The van der Waals surface area contributed by atoms with Gasteiger partial charge in [-0.05, 0) is 44.2 Å². The minimum atomic E-state index is -0.779. The van der Waals surface area contributed by atoms with Gasteiger partial charge in [-0.2, -0.15) is 0 Å². The largest absolute Gasteiger partial charge is 0.493 e. The van der Waals surface area contributed by atoms with E-state index < -0.39 is 5.97 Å². The molecule has 0 spiro atoms. The van der Waals surface area contributed by atoms with E-state index >= 15 is 0 Å². The zero-order valence-corrected chi connectivity index (χ0v) is 17.6. The second-order valence-electron chi connectivity index (χ2n) is 6.71. The lowest BCUT2D eigenvalue weighted by atomic mass is 9.95. The molecule has 0 fully saturated rings. The van der Waals surface area contributed by atoms with Crippen molar-refractivity contribution >= 4 is 24.3 Å². The summed E-state index contributed by atoms with van der Waals surface area (Å²) in [6, 6.07) is 6.73. The van der Waals surface area contributed by atoms with Gasteiger partial charge >= 0.3 is 5.97 Å². The molecule has 8 heteroatoms. The van der Waals surface area contributed by atoms with Crippen LogP contribution < -0.4 is 15.2 Å². The number of amides is 1. The van der Waals surface area contributed by atoms with Gasteiger partial charge in [0.25, 0.3) is 0 Å². The number of hydrogen-bond donors (Lipinski definition) is 1. The van der Waals surface area contributed by atoms with Crippen molar-refractivity contribution in [1.82, 2.24) is 4.90 Å². The van der Waals surface area contributed by atoms with E-state index in [9.17, 15) is 9.59 Å². The Morgan fingerprint density at radius 2 is 1.70 bits per heavy atom. The summed E-state index contributed by atoms with van der Waals surface area (Å²) in [5.74, 6) is -0.321. The van der Waals surface area contributed by atoms with E-state index in [1.807, 2.05) is 6.08 Å². The number of nitrogens with zero attached hydrogens (tertiary/aromatic N) is 3. The molecule has 0 radical (unpaired) electrons. The van der Waals surface area contributed by atoms with E-state index in [1.165, 1.54) is 12.0 Å². The molecule has 0 heterocycles. The number of allylic oxidation sites excluding steroid dienone is 3. The minimum Gasteiger partial charge on any atom is -0.493 e. The second kappa shape index (κ2) is 10.2. The van der Waals surface area contributed by atoms with Crippen molar-refractivity contribution in [2.24, 2.45) is 15.7 Å². The second-order valence-corrected chi connectivity index (χ2v) is 6.71. The molecular formula is C22H26N4O4. The number of rotatable bonds is 7. The molecule has 0 unspecified atom stereocenters. The molecular weight excluding hydrogens is 384 g/mol. The molecule has 30 heavy (non-hydrogen) atoms. The van der Waals surface area contributed by atoms with Gasteiger partial charge in [0.1, 0.15) is 0 Å². The number of likely N-dealkylation sites (N-methyl/N-ethyl adjacent to an activating group) is 1. The van der Waals surface area contributed by atoms with E-state index in [0.29, 0.717) is 24.3 Å². The molecule has 158 valence electrons. The molecule has 1 aliphatic carbocycles. The van der Waals surface area contributed by atoms with Crippen molar-refractivity contribution in [2.45, 2.75) is 19.8 Å². The third-order valence-electron chi connectivity index (χ3n) is 4.45. The molecule has 1 amide bonds. The normalized spacial score (nSPS) is 14.7. The molecule has 1 aromatic carbocycles. The molecule has 0 bridgehead atoms. The van der Waals surface area contributed by atoms with Gasteiger partial charge in [0.05, 0.1) is 7.11 Å². The minimum absolute atomic E-state index is 0.0269. The summed E-state index contributed by atoms with van der Waals surface area (Å²) in [4.78, 5) is 34.3. The van der Waals surface area contributed by atoms with Crippen molar-refractivity contribution in [1.29, 1.82) is 0 Å². The number of benzene rings is 1. The Hall–Kier alpha value is -3.68. The van der Waals surface area contributed by atoms with Gasteiger partial charge in [0, 0.05) is 25.4 Å². The highest BCUT2D eigenvalue weighted by atomic mass is 16.6. The quantitative estimate of drug-likeness (QED) is 0.322. The molecule has 2 rings (SSSR count). The number of nitrogens with two attached hydrogens (primary N) is 1. The molecule has 1 aromatic rings. The van der Waals surface area contributed by atoms with Crippen LogP contribution in [0.25, 0.3) is 0 Å². The van der Waals surface area contributed by atoms with Gasteiger partial charge in [-0.1, -0.05) is 24.3 Å². The van der Waals surface area contributed by atoms with Crippen LogP contribution in [0.2, 0.25) is 0 Å². The molecule has 0 saturated heterocycles. The number of esters is 1. The van der Waals surface area contributed by atoms with Crippen LogP contribution >= 0.6 is 0 Å². The highest BCUT2D eigenvalue weighted by Crippen LogP contribution is 2.27. The highest BCUT2D eigenvalue weighted by Gasteiger charge is 2.20. The van der Waals surface area contributed by atoms with E-state index in [2.05, 4.69) is 16.7 Å². The fourth-order valence-corrected chi connectivity index (χ4v) is 2.78. The number of carbonyl (C=O) groups is 2. The lowest BCUT2D eigenvalue weighted by Gasteiger charge is -2.17. The number of carbonyl (C=O) groups excluding carboxylic acids is 2. The fourth-order valence-electron chi connectivity index (χ4n) is 2.78. The SMILES string of the molecule is C=N/C(N)=C(\N=C(/C)C1=CC=C(C(=O)N(C)C)CC1)C(=O)Oc1ccccc1OC. The number of hydrogen-bond acceptors (Lipinski definition) is 7. The summed E-state index contributed by atoms with van der Waals surface area (Å²) in [6.45, 7) is 5.12. The lowest BCUT2D eigenvalue weighted by molar-refractivity contribution is -0.130. The summed E-state index contributed by atoms with van der Waals surface area (Å²) >= 11 is 0. The predicted molar refractivity (Wildman–Crippen MR) is 117 cm³/mol. The van der Waals surface area contributed by atoms with Crippen LogP contribution in [0.4, 0.5) is 0 Å². The van der Waals surface area contributed by atoms with E-state index in [1.54, 1.807) is 51.4 Å². The smallest absolute Gasteiger partial charge is 0.366 e. The van der Waals surface area contributed by atoms with Crippen LogP contribution in [0, 0.1) is 0 Å². The Balaban J connectivity index is 2.30. The van der Waals surface area contributed by atoms with Gasteiger partial charge in [-0.15, -0.1) is 0 Å². The number of ether oxygens (including phenoxy) is 2. The molecule has 0 atom stereocenters. The lowest BCUT2D eigenvalue weighted by Crippen LogP contribution is -2.24. The van der Waals surface area contributed by atoms with Crippen LogP contribution in [0.5, 0.6) is 11.5 Å². The van der Waals surface area contributed by atoms with Gasteiger partial charge < -0.3 is 20.1 Å². The van der Waals surface area contributed by atoms with Crippen LogP contribution in [-0.4, -0.2) is 50.4 Å². The van der Waals surface area contributed by atoms with Crippen molar-refractivity contribution in [2.75, 3.05) is 21.2 Å². The zero-order chi connectivity index (χ0) is 22.3. The molecule has 0 aromatic heterocycles. The average molecular weight is 410 g/mol. The molecule has 1 aliphatic rings. The Morgan fingerprint density at radius 1 is 1.10 bits per heavy atom. The molecule has 0 saturated carbocycles. The topological polar surface area (TPSA) is 107 Å². The molecule has 2 N–H and O–H groups in total. The van der Waals surface area contributed by atoms with Crippen LogP contribution in [0.1, 0.15) is 19.8 Å². The van der Waals surface area contributed by atoms with E-state index in [0.717, 1.165) is 11.1 Å². The Bertz CT molecular complexity index is 971. The first-order valence-corrected chi connectivity index (χ1v) is 9.27. The fraction of sp³-hybridized carbons (Fsp3) is 0.273. The maximum atomic E-state index is 12.7. The first-order chi connectivity index (χ1) is 14.3. The van der Waals surface area contributed by atoms with Gasteiger partial charge in [-0.3, -0.25) is 4.79 Å². The van der Waals surface area contributed by atoms with E-state index in [-0.39, 0.29) is 23.2 Å². The van der Waals surface area contributed by atoms with Gasteiger partial charge in [-0.25, -0.2) is 14.8 Å². The molecule has 0 aliphatic heterocycles. The Labute approximate surface area is 176 Å². The zero-order valence-electron chi connectivity index (χ0n) is 17.6. The van der Waals surface area contributed by atoms with Crippen molar-refractivity contribution in [3.05, 3.63) is 59.1 Å². The standard InChI is InChI=1S/C22H26N4O4/c1-14(15-10-12-16(13-11-15)21(27)26(3)4)25-19(20(23)24-2)22(28)30-18-9-7-6-8-17(18)29-5/h6-10,12H,2,11,13,23H2,1,3-5H3/b20-19-,25-14+. The summed E-state index contributed by atoms with van der Waals surface area (Å²) in [5.41, 5.74) is 7.85. The highest BCUT2D eigenvalue weighted by molar-refractivity contribution is 6.04. The maximum Gasteiger partial charge on any atom is 0.366 e. The number of aliphatic imine (C=N–C) groups is 2. The third-order valence-corrected chi connectivity index (χ3v) is 4.45. The van der Waals surface area contributed by atoms with Crippen LogP contribution in [0.3, 0.4) is 0 Å². The number of methoxy groups -OCH3 is 1. The average Bonchev–Trinajstić information content (AvgIpc) is 2.76. The summed E-state index contributed by atoms with van der Waals surface area (Å²) in [6.07, 6.45) is 4.78. The van der Waals surface area contributed by atoms with E-state index in [4.69, 9.17) is 15.2 Å². The number of para-hydroxylation sites is 2. The Morgan fingerprint density at radius 3 is 2.23 bits per heavy atom. The summed E-state index contributed by atoms with van der Waals surface area (Å²) in [5, 5.41) is 0. The van der Waals surface area contributed by atoms with Crippen molar-refractivity contribution < 1.29 is 19.1 Å². The van der Waals surface area contributed by atoms with Gasteiger partial charge in [0.15, 0.2) is 23.0 Å². The van der Waals surface area contributed by atoms with Crippen LogP contribution in [-0.2, 0) is 9.59 Å². The summed E-state index contributed by atoms with van der Waals surface area (Å²) < 4.78 is 10.6. The Kier molecular flexibility index (Phi) is 7.69. The monoisotopic (exact) mass is 410 g/mol. The first-order valence-electron chi connectivity index (χ1n) is 9.27.